The summed E-state index contributed by atoms with van der Waals surface area (Å²) in [6, 6.07) is 0. The summed E-state index contributed by atoms with van der Waals surface area (Å²) < 4.78 is 0.924. The first-order valence-corrected chi connectivity index (χ1v) is 4.74. The predicted molar refractivity (Wildman–Crippen MR) is 50.2 cm³/mol. The molecule has 0 unspecified atom stereocenters. The number of aliphatic hydroxyl groups excluding tert-OH is 1. The molecule has 1 aliphatic carbocycles. The maximum atomic E-state index is 8.53. The van der Waals surface area contributed by atoms with E-state index in [4.69, 9.17) is 5.11 Å². The van der Waals surface area contributed by atoms with E-state index < -0.39 is 0 Å². The summed E-state index contributed by atoms with van der Waals surface area (Å²) in [6.45, 7) is 0.891. The first kappa shape index (κ1) is 10.2. The molecule has 1 aliphatic rings. The van der Waals surface area contributed by atoms with E-state index in [1.807, 2.05) is 25.7 Å². The van der Waals surface area contributed by atoms with E-state index in [1.54, 1.807) is 0 Å². The zero-order valence-electron chi connectivity index (χ0n) is 6.73. The Morgan fingerprint density at radius 1 is 1.42 bits per heavy atom. The Morgan fingerprint density at radius 3 is 2.67 bits per heavy atom. The molecule has 0 atom stereocenters. The minimum atomic E-state index is 0.206. The van der Waals surface area contributed by atoms with Gasteiger partial charge in [-0.15, -0.1) is 0 Å². The van der Waals surface area contributed by atoms with Gasteiger partial charge in [-0.25, -0.2) is 0 Å². The number of aliphatic hydroxyl groups is 1. The molecule has 6 radical (unpaired) electrons. The Bertz CT molecular complexity index is 153. The van der Waals surface area contributed by atoms with Crippen LogP contribution in [0.15, 0.2) is 4.99 Å². The first-order chi connectivity index (χ1) is 5.84. The van der Waals surface area contributed by atoms with Crippen LogP contribution in [0.1, 0.15) is 6.42 Å². The van der Waals surface area contributed by atoms with Crippen molar-refractivity contribution in [3.05, 3.63) is 31.6 Å². The molecule has 64 valence electrons. The van der Waals surface area contributed by atoms with Crippen molar-refractivity contribution in [2.45, 2.75) is 6.42 Å². The molecular weight excluding hydrogens is 217 g/mol. The Labute approximate surface area is 82.3 Å². The van der Waals surface area contributed by atoms with Gasteiger partial charge in [0.25, 0.3) is 0 Å². The second-order valence-electron chi connectivity index (χ2n) is 2.44. The van der Waals surface area contributed by atoms with E-state index in [9.17, 15) is 0 Å². The average molecular weight is 228 g/mol. The number of hydrogen-bond acceptors (Lipinski definition) is 2. The van der Waals surface area contributed by atoms with Crippen LogP contribution in [0.5, 0.6) is 0 Å². The third-order valence-electron chi connectivity index (χ3n) is 1.48. The Kier molecular flexibility index (Phi) is 4.89. The van der Waals surface area contributed by atoms with Crippen LogP contribution in [0.4, 0.5) is 0 Å². The number of rotatable bonds is 4. The molecule has 0 aliphatic heterocycles. The van der Waals surface area contributed by atoms with Gasteiger partial charge in [0, 0.05) is 0 Å². The molecule has 12 heavy (non-hydrogen) atoms. The summed E-state index contributed by atoms with van der Waals surface area (Å²) in [5.74, 6) is 1.12. The Morgan fingerprint density at radius 2 is 2.08 bits per heavy atom. The molecular formula is C9H11NOSe. The van der Waals surface area contributed by atoms with E-state index in [1.165, 1.54) is 0 Å². The third kappa shape index (κ3) is 3.26. The van der Waals surface area contributed by atoms with Crippen LogP contribution in [0.3, 0.4) is 0 Å². The molecule has 3 heteroatoms. The zero-order chi connectivity index (χ0) is 8.81. The van der Waals surface area contributed by atoms with Crippen LogP contribution >= 0.6 is 0 Å². The van der Waals surface area contributed by atoms with E-state index >= 15 is 0 Å². The van der Waals surface area contributed by atoms with Crippen molar-refractivity contribution in [3.8, 4) is 0 Å². The molecule has 2 nitrogen and oxygen atoms in total. The van der Waals surface area contributed by atoms with Gasteiger partial charge in [0.1, 0.15) is 0 Å². The molecule has 0 aromatic carbocycles. The summed E-state index contributed by atoms with van der Waals surface area (Å²) in [7, 11) is 0. The van der Waals surface area contributed by atoms with Crippen molar-refractivity contribution in [2.75, 3.05) is 13.2 Å². The molecule has 0 aromatic rings. The predicted octanol–water partition coefficient (Wildman–Crippen LogP) is 0.341. The summed E-state index contributed by atoms with van der Waals surface area (Å²) in [6.07, 6.45) is 8.71. The molecule has 1 N–H and O–H groups in total. The van der Waals surface area contributed by atoms with Gasteiger partial charge < -0.3 is 0 Å². The van der Waals surface area contributed by atoms with Gasteiger partial charge in [-0.1, -0.05) is 0 Å². The van der Waals surface area contributed by atoms with Crippen molar-refractivity contribution >= 4 is 20.6 Å². The summed E-state index contributed by atoms with van der Waals surface area (Å²) >= 11 is 2.91. The molecule has 1 fully saturated rings. The second kappa shape index (κ2) is 5.74. The molecule has 0 bridgehead atoms. The van der Waals surface area contributed by atoms with Crippen molar-refractivity contribution < 1.29 is 5.11 Å². The van der Waals surface area contributed by atoms with Gasteiger partial charge in [0.2, 0.25) is 0 Å². The molecule has 0 heterocycles. The molecule has 1 saturated carbocycles. The van der Waals surface area contributed by atoms with Crippen molar-refractivity contribution in [1.29, 1.82) is 0 Å². The van der Waals surface area contributed by atoms with Crippen LogP contribution in [-0.2, 0) is 0 Å². The van der Waals surface area contributed by atoms with Crippen molar-refractivity contribution in [1.82, 2.24) is 0 Å². The summed E-state index contributed by atoms with van der Waals surface area (Å²) in [5, 5.41) is 8.53. The minimum absolute atomic E-state index is 0.206. The topological polar surface area (TPSA) is 32.6 Å². The van der Waals surface area contributed by atoms with Gasteiger partial charge in [0.15, 0.2) is 0 Å². The van der Waals surface area contributed by atoms with Gasteiger partial charge in [-0.2, -0.15) is 0 Å². The Balaban J connectivity index is 2.24. The number of aliphatic imine (C=N–C) groups is 1. The van der Waals surface area contributed by atoms with Gasteiger partial charge in [0.05, 0.1) is 0 Å². The van der Waals surface area contributed by atoms with Gasteiger partial charge in [-0.05, 0) is 0 Å². The fourth-order valence-corrected chi connectivity index (χ4v) is 1.34. The molecule has 0 spiro atoms. The van der Waals surface area contributed by atoms with Crippen molar-refractivity contribution in [3.63, 3.8) is 0 Å². The second-order valence-corrected chi connectivity index (χ2v) is 3.25. The summed E-state index contributed by atoms with van der Waals surface area (Å²) in [5.41, 5.74) is 0. The number of hydrogen-bond donors (Lipinski definition) is 1. The van der Waals surface area contributed by atoms with Crippen LogP contribution in [0.25, 0.3) is 0 Å². The monoisotopic (exact) mass is 229 g/mol. The quantitative estimate of drug-likeness (QED) is 0.420. The van der Waals surface area contributed by atoms with Gasteiger partial charge in [-0.3, -0.25) is 0 Å². The fraction of sp³-hybridized carbons (Fsp3) is 0.333. The van der Waals surface area contributed by atoms with Crippen LogP contribution in [0.2, 0.25) is 0 Å². The Hall–Kier alpha value is 0.149. The SMILES string of the molecule is OCCCN=C([Se])[C]1[CH][CH][CH][CH]1. The van der Waals surface area contributed by atoms with Crippen LogP contribution < -0.4 is 0 Å². The standard InChI is InChI=1S/C9H11NOSe/c11-7-3-6-10-9(12)8-4-1-2-5-8/h1-2,4-5,11H,3,6-7H2. The zero-order valence-corrected chi connectivity index (χ0v) is 8.45. The third-order valence-corrected chi connectivity index (χ3v) is 2.25. The van der Waals surface area contributed by atoms with E-state index in [-0.39, 0.29) is 6.61 Å². The molecule has 0 amide bonds. The summed E-state index contributed by atoms with van der Waals surface area (Å²) in [4.78, 5) is 4.26. The molecule has 0 saturated heterocycles. The van der Waals surface area contributed by atoms with E-state index in [0.717, 1.165) is 16.9 Å². The first-order valence-electron chi connectivity index (χ1n) is 3.89. The fourth-order valence-electron chi connectivity index (χ4n) is 0.859. The van der Waals surface area contributed by atoms with E-state index in [0.29, 0.717) is 6.54 Å². The van der Waals surface area contributed by atoms with E-state index in [2.05, 4.69) is 21.0 Å². The van der Waals surface area contributed by atoms with Gasteiger partial charge >= 0.3 is 81.9 Å². The molecule has 0 aromatic heterocycles. The normalized spacial score (nSPS) is 20.2. The maximum absolute atomic E-state index is 8.53. The number of nitrogens with zero attached hydrogens (tertiary/aromatic N) is 1. The van der Waals surface area contributed by atoms with Crippen molar-refractivity contribution in [2.24, 2.45) is 4.99 Å². The molecule has 1 rings (SSSR count). The average Bonchev–Trinajstić information content (AvgIpc) is 2.56. The van der Waals surface area contributed by atoms with Crippen LogP contribution in [-0.4, -0.2) is 38.9 Å². The van der Waals surface area contributed by atoms with Crippen LogP contribution in [0, 0.1) is 31.6 Å².